The third kappa shape index (κ3) is 3.07. The molecule has 180 valence electrons. The second-order valence-electron chi connectivity index (χ2n) is 10.2. The number of rotatable bonds is 3. The lowest BCUT2D eigenvalue weighted by molar-refractivity contribution is 0.742. The van der Waals surface area contributed by atoms with Gasteiger partial charge >= 0.3 is 0 Å². The molecule has 0 fully saturated rings. The first-order valence-corrected chi connectivity index (χ1v) is 13.3. The third-order valence-electron chi connectivity index (χ3n) is 8.11. The van der Waals surface area contributed by atoms with E-state index in [0.29, 0.717) is 0 Å². The molecule has 1 aliphatic carbocycles. The molecule has 2 heteroatoms. The van der Waals surface area contributed by atoms with Crippen LogP contribution in [0.1, 0.15) is 11.5 Å². The van der Waals surface area contributed by atoms with Crippen molar-refractivity contribution in [2.75, 3.05) is 4.90 Å². The monoisotopic (exact) mass is 486 g/mol. The Kier molecular flexibility index (Phi) is 4.68. The zero-order valence-corrected chi connectivity index (χ0v) is 20.9. The van der Waals surface area contributed by atoms with Gasteiger partial charge in [0.1, 0.15) is 0 Å². The molecule has 0 N–H and O–H groups in total. The zero-order valence-electron chi connectivity index (χ0n) is 20.9. The van der Waals surface area contributed by atoms with Gasteiger partial charge in [0, 0.05) is 33.6 Å². The molecule has 2 atom stereocenters. The van der Waals surface area contributed by atoms with Crippen LogP contribution in [0.2, 0.25) is 0 Å². The Balaban J connectivity index is 1.37. The van der Waals surface area contributed by atoms with Gasteiger partial charge in [-0.1, -0.05) is 109 Å². The van der Waals surface area contributed by atoms with E-state index in [1.165, 1.54) is 55.6 Å². The van der Waals surface area contributed by atoms with Crippen molar-refractivity contribution in [2.45, 2.75) is 12.0 Å². The summed E-state index contributed by atoms with van der Waals surface area (Å²) < 4.78 is 2.47. The molecule has 0 bridgehead atoms. The van der Waals surface area contributed by atoms with E-state index in [4.69, 9.17) is 0 Å². The third-order valence-corrected chi connectivity index (χ3v) is 8.11. The maximum absolute atomic E-state index is 2.53. The van der Waals surface area contributed by atoms with Crippen LogP contribution in [0.25, 0.3) is 38.6 Å². The molecule has 8 rings (SSSR count). The Labute approximate surface area is 222 Å². The van der Waals surface area contributed by atoms with Crippen molar-refractivity contribution in [3.05, 3.63) is 151 Å². The number of nitrogens with zero attached hydrogens (tertiary/aromatic N) is 2. The lowest BCUT2D eigenvalue weighted by Crippen LogP contribution is -2.28. The second kappa shape index (κ2) is 8.36. The Morgan fingerprint density at radius 2 is 1.13 bits per heavy atom. The highest BCUT2D eigenvalue weighted by molar-refractivity contribution is 6.09. The van der Waals surface area contributed by atoms with E-state index in [2.05, 4.69) is 155 Å². The molecule has 0 radical (unpaired) electrons. The number of hydrogen-bond acceptors (Lipinski definition) is 1. The Hall–Kier alpha value is -4.82. The smallest absolute Gasteiger partial charge is 0.0630 e. The van der Waals surface area contributed by atoms with Crippen molar-refractivity contribution < 1.29 is 0 Å². The number of para-hydroxylation sites is 2. The number of hydrogen-bond donors (Lipinski definition) is 0. The molecule has 38 heavy (non-hydrogen) atoms. The van der Waals surface area contributed by atoms with E-state index >= 15 is 0 Å². The fourth-order valence-electron chi connectivity index (χ4n) is 6.52. The number of anilines is 2. The molecule has 0 spiro atoms. The molecule has 0 saturated heterocycles. The lowest BCUT2D eigenvalue weighted by atomic mass is 9.90. The summed E-state index contributed by atoms with van der Waals surface area (Å²) in [6.45, 7) is 0. The normalized spacial score (nSPS) is 17.7. The summed E-state index contributed by atoms with van der Waals surface area (Å²) in [7, 11) is 0. The SMILES string of the molecule is C1=CC2c3c(cccc3-n3c4ccccc4c4ccccc43)N(c3cccc(-c4ccccc4)c3)C2C=C1. The van der Waals surface area contributed by atoms with Crippen LogP contribution in [-0.2, 0) is 0 Å². The summed E-state index contributed by atoms with van der Waals surface area (Å²) in [5.74, 6) is 0.270. The second-order valence-corrected chi connectivity index (χ2v) is 10.2. The van der Waals surface area contributed by atoms with Crippen LogP contribution in [0.5, 0.6) is 0 Å². The van der Waals surface area contributed by atoms with Crippen LogP contribution >= 0.6 is 0 Å². The van der Waals surface area contributed by atoms with E-state index in [1.54, 1.807) is 0 Å². The quantitative estimate of drug-likeness (QED) is 0.242. The molecule has 5 aromatic carbocycles. The van der Waals surface area contributed by atoms with Gasteiger partial charge in [0.25, 0.3) is 0 Å². The molecular weight excluding hydrogens is 460 g/mol. The molecule has 1 aliphatic heterocycles. The van der Waals surface area contributed by atoms with Crippen molar-refractivity contribution in [2.24, 2.45) is 0 Å². The van der Waals surface area contributed by atoms with Crippen LogP contribution in [0.3, 0.4) is 0 Å². The van der Waals surface area contributed by atoms with Gasteiger partial charge in [0.15, 0.2) is 0 Å². The number of aromatic nitrogens is 1. The molecule has 2 aliphatic rings. The first kappa shape index (κ1) is 21.3. The average molecular weight is 487 g/mol. The molecular formula is C36H26N2. The van der Waals surface area contributed by atoms with Crippen LogP contribution in [0.4, 0.5) is 11.4 Å². The Morgan fingerprint density at radius 3 is 1.92 bits per heavy atom. The van der Waals surface area contributed by atoms with E-state index < -0.39 is 0 Å². The van der Waals surface area contributed by atoms with Gasteiger partial charge in [0.05, 0.1) is 22.8 Å². The molecule has 1 aromatic heterocycles. The fourth-order valence-corrected chi connectivity index (χ4v) is 6.52. The van der Waals surface area contributed by atoms with Crippen molar-refractivity contribution in [3.63, 3.8) is 0 Å². The summed E-state index contributed by atoms with van der Waals surface area (Å²) >= 11 is 0. The van der Waals surface area contributed by atoms with Crippen LogP contribution < -0.4 is 4.90 Å². The molecule has 0 amide bonds. The highest BCUT2D eigenvalue weighted by Crippen LogP contribution is 2.51. The minimum absolute atomic E-state index is 0.232. The molecule has 0 saturated carbocycles. The van der Waals surface area contributed by atoms with E-state index in [1.807, 2.05) is 0 Å². The first-order chi connectivity index (χ1) is 18.9. The lowest BCUT2D eigenvalue weighted by Gasteiger charge is -2.29. The van der Waals surface area contributed by atoms with Gasteiger partial charge in [-0.25, -0.2) is 0 Å². The average Bonchev–Trinajstić information content (AvgIpc) is 3.51. The minimum Gasteiger partial charge on any atom is -0.333 e. The maximum Gasteiger partial charge on any atom is 0.0630 e. The van der Waals surface area contributed by atoms with E-state index in [0.717, 1.165) is 0 Å². The van der Waals surface area contributed by atoms with E-state index in [9.17, 15) is 0 Å². The molecule has 2 heterocycles. The predicted molar refractivity (Wildman–Crippen MR) is 160 cm³/mol. The number of allylic oxidation sites excluding steroid dienone is 2. The molecule has 6 aromatic rings. The Morgan fingerprint density at radius 1 is 0.500 bits per heavy atom. The zero-order chi connectivity index (χ0) is 25.1. The van der Waals surface area contributed by atoms with Gasteiger partial charge in [-0.2, -0.15) is 0 Å². The van der Waals surface area contributed by atoms with Crippen LogP contribution in [0.15, 0.2) is 146 Å². The maximum atomic E-state index is 2.53. The summed E-state index contributed by atoms with van der Waals surface area (Å²) in [4.78, 5) is 2.53. The topological polar surface area (TPSA) is 8.17 Å². The summed E-state index contributed by atoms with van der Waals surface area (Å²) in [6.07, 6.45) is 9.14. The standard InChI is InChI=1S/C36H26N2/c1-2-12-25(13-3-1)26-14-10-15-27(24-26)37-33-21-9-6-18-30(33)36-34(37)22-11-23-35(36)38-31-19-7-4-16-28(31)29-17-5-8-20-32(29)38/h1-24,30,33H. The van der Waals surface area contributed by atoms with Gasteiger partial charge in [-0.05, 0) is 47.5 Å². The van der Waals surface area contributed by atoms with Gasteiger partial charge < -0.3 is 9.47 Å². The summed E-state index contributed by atoms with van der Waals surface area (Å²) in [5.41, 5.74) is 10.1. The van der Waals surface area contributed by atoms with Crippen molar-refractivity contribution >= 4 is 33.2 Å². The van der Waals surface area contributed by atoms with Gasteiger partial charge in [0.2, 0.25) is 0 Å². The van der Waals surface area contributed by atoms with Gasteiger partial charge in [-0.3, -0.25) is 0 Å². The summed E-state index contributed by atoms with van der Waals surface area (Å²) in [6, 6.07) is 44.2. The van der Waals surface area contributed by atoms with Crippen LogP contribution in [0, 0.1) is 0 Å². The highest BCUT2D eigenvalue weighted by atomic mass is 15.2. The molecule has 2 nitrogen and oxygen atoms in total. The minimum atomic E-state index is 0.232. The predicted octanol–water partition coefficient (Wildman–Crippen LogP) is 9.18. The number of fused-ring (bicyclic) bond motifs is 6. The molecule has 2 unspecified atom stereocenters. The Bertz CT molecular complexity index is 1840. The summed E-state index contributed by atoms with van der Waals surface area (Å²) in [5, 5.41) is 2.59. The highest BCUT2D eigenvalue weighted by Gasteiger charge is 2.39. The largest absolute Gasteiger partial charge is 0.333 e. The van der Waals surface area contributed by atoms with Crippen molar-refractivity contribution in [3.8, 4) is 16.8 Å². The number of benzene rings is 5. The fraction of sp³-hybridized carbons (Fsp3) is 0.0556. The van der Waals surface area contributed by atoms with Gasteiger partial charge in [-0.15, -0.1) is 0 Å². The first-order valence-electron chi connectivity index (χ1n) is 13.3. The van der Waals surface area contributed by atoms with E-state index in [-0.39, 0.29) is 12.0 Å². The van der Waals surface area contributed by atoms with Crippen molar-refractivity contribution in [1.82, 2.24) is 4.57 Å². The van der Waals surface area contributed by atoms with Crippen LogP contribution in [-0.4, -0.2) is 10.6 Å². The van der Waals surface area contributed by atoms with Crippen molar-refractivity contribution in [1.29, 1.82) is 0 Å².